The van der Waals surface area contributed by atoms with E-state index in [1.54, 1.807) is 7.11 Å². The van der Waals surface area contributed by atoms with Gasteiger partial charge in [0.1, 0.15) is 17.6 Å². The second kappa shape index (κ2) is 8.56. The fourth-order valence-corrected chi connectivity index (χ4v) is 3.82. The van der Waals surface area contributed by atoms with Crippen LogP contribution in [0.3, 0.4) is 0 Å². The second-order valence-corrected chi connectivity index (χ2v) is 7.16. The van der Waals surface area contributed by atoms with Crippen LogP contribution in [-0.4, -0.2) is 61.6 Å². The lowest BCUT2D eigenvalue weighted by Crippen LogP contribution is -2.50. The maximum Gasteiger partial charge on any atom is 0.239 e. The molecule has 0 saturated carbocycles. The highest BCUT2D eigenvalue weighted by Gasteiger charge is 2.31. The van der Waals surface area contributed by atoms with Crippen molar-refractivity contribution in [3.63, 3.8) is 0 Å². The van der Waals surface area contributed by atoms with E-state index >= 15 is 0 Å². The number of rotatable bonds is 4. The molecule has 2 heterocycles. The van der Waals surface area contributed by atoms with Gasteiger partial charge in [0.15, 0.2) is 0 Å². The normalized spacial score (nSPS) is 23.1. The molecule has 0 spiro atoms. The summed E-state index contributed by atoms with van der Waals surface area (Å²) in [5, 5.41) is 0. The van der Waals surface area contributed by atoms with Gasteiger partial charge in [-0.15, -0.1) is 0 Å². The van der Waals surface area contributed by atoms with Crippen molar-refractivity contribution in [3.8, 4) is 11.5 Å². The number of piperidine rings is 1. The highest BCUT2D eigenvalue weighted by molar-refractivity contribution is 5.82. The number of hydrogen-bond acceptors (Lipinski definition) is 4. The topological polar surface area (TPSA) is 42.0 Å². The monoisotopic (exact) mass is 346 g/mol. The summed E-state index contributed by atoms with van der Waals surface area (Å²) in [5.74, 6) is 2.02. The molecule has 0 aliphatic carbocycles. The zero-order valence-electron chi connectivity index (χ0n) is 15.4. The van der Waals surface area contributed by atoms with Crippen molar-refractivity contribution in [2.45, 2.75) is 50.7 Å². The molecule has 0 radical (unpaired) electrons. The SMILES string of the molecule is COc1ccc(OC2CCN(C(=O)[C@H]3CCCCCN3C)CC2)cc1. The molecule has 1 amide bonds. The molecule has 1 atom stereocenters. The molecule has 2 aliphatic rings. The van der Waals surface area contributed by atoms with Crippen LogP contribution in [0.1, 0.15) is 38.5 Å². The Hall–Kier alpha value is -1.75. The van der Waals surface area contributed by atoms with Gasteiger partial charge in [0.2, 0.25) is 5.91 Å². The van der Waals surface area contributed by atoms with Crippen molar-refractivity contribution >= 4 is 5.91 Å². The number of carbonyl (C=O) groups is 1. The molecule has 2 fully saturated rings. The molecule has 1 aromatic rings. The molecule has 2 saturated heterocycles. The highest BCUT2D eigenvalue weighted by Crippen LogP contribution is 2.23. The summed E-state index contributed by atoms with van der Waals surface area (Å²) < 4.78 is 11.2. The Kier molecular flexibility index (Phi) is 6.19. The lowest BCUT2D eigenvalue weighted by Gasteiger charge is -2.36. The Bertz CT molecular complexity index is 553. The second-order valence-electron chi connectivity index (χ2n) is 7.16. The molecule has 0 unspecified atom stereocenters. The predicted octanol–water partition coefficient (Wildman–Crippen LogP) is 2.94. The summed E-state index contributed by atoms with van der Waals surface area (Å²) in [6.45, 7) is 2.63. The minimum Gasteiger partial charge on any atom is -0.497 e. The van der Waals surface area contributed by atoms with Crippen LogP contribution in [0.4, 0.5) is 0 Å². The van der Waals surface area contributed by atoms with Gasteiger partial charge < -0.3 is 14.4 Å². The van der Waals surface area contributed by atoms with E-state index in [-0.39, 0.29) is 12.1 Å². The largest absolute Gasteiger partial charge is 0.497 e. The van der Waals surface area contributed by atoms with Crippen LogP contribution in [0.15, 0.2) is 24.3 Å². The molecule has 5 nitrogen and oxygen atoms in total. The third-order valence-electron chi connectivity index (χ3n) is 5.42. The average molecular weight is 346 g/mol. The summed E-state index contributed by atoms with van der Waals surface area (Å²) in [7, 11) is 3.75. The number of benzene rings is 1. The van der Waals surface area contributed by atoms with Crippen LogP contribution < -0.4 is 9.47 Å². The van der Waals surface area contributed by atoms with Crippen LogP contribution >= 0.6 is 0 Å². The van der Waals surface area contributed by atoms with Crippen LogP contribution in [0, 0.1) is 0 Å². The van der Waals surface area contributed by atoms with E-state index in [0.717, 1.165) is 56.8 Å². The number of likely N-dealkylation sites (N-methyl/N-ethyl adjacent to an activating group) is 1. The maximum absolute atomic E-state index is 12.9. The Morgan fingerprint density at radius 3 is 2.32 bits per heavy atom. The van der Waals surface area contributed by atoms with Crippen LogP contribution in [0.5, 0.6) is 11.5 Å². The third kappa shape index (κ3) is 4.66. The van der Waals surface area contributed by atoms with Gasteiger partial charge in [-0.25, -0.2) is 0 Å². The van der Waals surface area contributed by atoms with Crippen LogP contribution in [0.2, 0.25) is 0 Å². The molecular formula is C20H30N2O3. The molecule has 25 heavy (non-hydrogen) atoms. The lowest BCUT2D eigenvalue weighted by molar-refractivity contribution is -0.138. The summed E-state index contributed by atoms with van der Waals surface area (Å²) in [4.78, 5) is 17.2. The smallest absolute Gasteiger partial charge is 0.239 e. The fraction of sp³-hybridized carbons (Fsp3) is 0.650. The number of likely N-dealkylation sites (tertiary alicyclic amines) is 2. The van der Waals surface area contributed by atoms with Crippen molar-refractivity contribution in [2.24, 2.45) is 0 Å². The van der Waals surface area contributed by atoms with Gasteiger partial charge >= 0.3 is 0 Å². The molecule has 1 aromatic carbocycles. The van der Waals surface area contributed by atoms with Gasteiger partial charge in [-0.05, 0) is 50.7 Å². The number of nitrogens with zero attached hydrogens (tertiary/aromatic N) is 2. The Morgan fingerprint density at radius 1 is 0.960 bits per heavy atom. The molecular weight excluding hydrogens is 316 g/mol. The predicted molar refractivity (Wildman–Crippen MR) is 98.1 cm³/mol. The first-order valence-electron chi connectivity index (χ1n) is 9.47. The van der Waals surface area contributed by atoms with Crippen molar-refractivity contribution < 1.29 is 14.3 Å². The number of carbonyl (C=O) groups excluding carboxylic acids is 1. The molecule has 0 N–H and O–H groups in total. The Morgan fingerprint density at radius 2 is 1.64 bits per heavy atom. The van der Waals surface area contributed by atoms with Crippen LogP contribution in [-0.2, 0) is 4.79 Å². The fourth-order valence-electron chi connectivity index (χ4n) is 3.82. The first-order valence-corrected chi connectivity index (χ1v) is 9.47. The summed E-state index contributed by atoms with van der Waals surface area (Å²) in [5.41, 5.74) is 0. The van der Waals surface area contributed by atoms with Gasteiger partial charge in [0.05, 0.1) is 13.2 Å². The van der Waals surface area contributed by atoms with Gasteiger partial charge in [0, 0.05) is 25.9 Å². The van der Waals surface area contributed by atoms with Crippen LogP contribution in [0.25, 0.3) is 0 Å². The molecule has 2 aliphatic heterocycles. The average Bonchev–Trinajstić information content (AvgIpc) is 2.87. The number of methoxy groups -OCH3 is 1. The van der Waals surface area contributed by atoms with E-state index in [4.69, 9.17) is 9.47 Å². The van der Waals surface area contributed by atoms with Crippen molar-refractivity contribution in [1.29, 1.82) is 0 Å². The quantitative estimate of drug-likeness (QED) is 0.841. The minimum atomic E-state index is 0.0709. The third-order valence-corrected chi connectivity index (χ3v) is 5.42. The zero-order chi connectivity index (χ0) is 17.6. The first-order chi connectivity index (χ1) is 12.2. The highest BCUT2D eigenvalue weighted by atomic mass is 16.5. The molecule has 5 heteroatoms. The number of ether oxygens (including phenoxy) is 2. The summed E-state index contributed by atoms with van der Waals surface area (Å²) in [6.07, 6.45) is 6.59. The minimum absolute atomic E-state index is 0.0709. The summed E-state index contributed by atoms with van der Waals surface area (Å²) >= 11 is 0. The summed E-state index contributed by atoms with van der Waals surface area (Å²) in [6, 6.07) is 7.78. The van der Waals surface area contributed by atoms with Crippen molar-refractivity contribution in [2.75, 3.05) is 33.8 Å². The molecule has 3 rings (SSSR count). The maximum atomic E-state index is 12.9. The Balaban J connectivity index is 1.49. The standard InChI is InChI=1S/C20H30N2O3/c1-21-13-5-3-4-6-19(21)20(23)22-14-11-18(12-15-22)25-17-9-7-16(24-2)8-10-17/h7-10,18-19H,3-6,11-15H2,1-2H3/t19-/m1/s1. The lowest BCUT2D eigenvalue weighted by atomic mass is 10.0. The van der Waals surface area contributed by atoms with E-state index < -0.39 is 0 Å². The van der Waals surface area contributed by atoms with Crippen molar-refractivity contribution in [1.82, 2.24) is 9.80 Å². The van der Waals surface area contributed by atoms with Crippen molar-refractivity contribution in [3.05, 3.63) is 24.3 Å². The number of hydrogen-bond donors (Lipinski definition) is 0. The molecule has 0 aromatic heterocycles. The molecule has 0 bridgehead atoms. The Labute approximate surface area is 150 Å². The van der Waals surface area contributed by atoms with Gasteiger partial charge in [-0.3, -0.25) is 9.69 Å². The molecule has 138 valence electrons. The zero-order valence-corrected chi connectivity index (χ0v) is 15.4. The van der Waals surface area contributed by atoms with Gasteiger partial charge in [0.25, 0.3) is 0 Å². The van der Waals surface area contributed by atoms with Gasteiger partial charge in [-0.2, -0.15) is 0 Å². The van der Waals surface area contributed by atoms with E-state index in [0.29, 0.717) is 5.91 Å². The van der Waals surface area contributed by atoms with E-state index in [1.807, 2.05) is 29.2 Å². The number of amides is 1. The van der Waals surface area contributed by atoms with E-state index in [9.17, 15) is 4.79 Å². The van der Waals surface area contributed by atoms with E-state index in [1.165, 1.54) is 12.8 Å². The van der Waals surface area contributed by atoms with Gasteiger partial charge in [-0.1, -0.05) is 12.8 Å². The van der Waals surface area contributed by atoms with E-state index in [2.05, 4.69) is 11.9 Å². The first kappa shape index (κ1) is 18.1.